The van der Waals surface area contributed by atoms with Crippen molar-refractivity contribution in [1.29, 1.82) is 0 Å². The maximum Gasteiger partial charge on any atom is 0.272 e. The quantitative estimate of drug-likeness (QED) is 0.810. The van der Waals surface area contributed by atoms with Gasteiger partial charge in [0.1, 0.15) is 5.69 Å². The fraction of sp³-hybridized carbons (Fsp3) is 0.438. The minimum Gasteiger partial charge on any atom is -0.339 e. The third-order valence-corrected chi connectivity index (χ3v) is 6.13. The van der Waals surface area contributed by atoms with Crippen molar-refractivity contribution in [3.8, 4) is 0 Å². The van der Waals surface area contributed by atoms with Gasteiger partial charge in [-0.05, 0) is 28.4 Å². The highest BCUT2D eigenvalue weighted by atomic mass is 79.9. The number of halogens is 1. The molecule has 0 spiro atoms. The number of carbonyl (C=O) groups is 1. The molecule has 0 radical (unpaired) electrons. The molecular formula is C16H19BrN2OS. The molecule has 2 heterocycles. The number of benzene rings is 1. The van der Waals surface area contributed by atoms with Gasteiger partial charge in [0.15, 0.2) is 0 Å². The van der Waals surface area contributed by atoms with Gasteiger partial charge in [0.05, 0.1) is 9.85 Å². The number of thioether (sulfide) groups is 1. The smallest absolute Gasteiger partial charge is 0.272 e. The molecule has 0 N–H and O–H groups in total. The van der Waals surface area contributed by atoms with Gasteiger partial charge >= 0.3 is 0 Å². The Morgan fingerprint density at radius 1 is 1.43 bits per heavy atom. The third-order valence-electron chi connectivity index (χ3n) is 4.03. The zero-order valence-electron chi connectivity index (χ0n) is 12.3. The van der Waals surface area contributed by atoms with Crippen LogP contribution in [0.4, 0.5) is 0 Å². The Kier molecular flexibility index (Phi) is 4.31. The summed E-state index contributed by atoms with van der Waals surface area (Å²) in [6, 6.07) is 8.12. The summed E-state index contributed by atoms with van der Waals surface area (Å²) in [7, 11) is 1.97. The minimum absolute atomic E-state index is 0.143. The molecule has 0 aliphatic carbocycles. The van der Waals surface area contributed by atoms with E-state index < -0.39 is 0 Å². The Morgan fingerprint density at radius 2 is 2.19 bits per heavy atom. The number of fused-ring (bicyclic) bond motifs is 1. The molecule has 1 aromatic carbocycles. The van der Waals surface area contributed by atoms with E-state index in [2.05, 4.69) is 35.0 Å². The second-order valence-electron chi connectivity index (χ2n) is 5.35. The van der Waals surface area contributed by atoms with Crippen molar-refractivity contribution >= 4 is 44.5 Å². The maximum absolute atomic E-state index is 13.0. The van der Waals surface area contributed by atoms with E-state index in [1.165, 1.54) is 0 Å². The lowest BCUT2D eigenvalue weighted by atomic mass is 10.2. The first-order valence-corrected chi connectivity index (χ1v) is 9.14. The van der Waals surface area contributed by atoms with Crippen molar-refractivity contribution in [1.82, 2.24) is 9.47 Å². The molecule has 0 saturated carbocycles. The highest BCUT2D eigenvalue weighted by Crippen LogP contribution is 2.34. The lowest BCUT2D eigenvalue weighted by Gasteiger charge is -2.24. The second-order valence-corrected chi connectivity index (χ2v) is 7.43. The summed E-state index contributed by atoms with van der Waals surface area (Å²) in [5, 5.41) is 1.43. The first-order chi connectivity index (χ1) is 10.1. The third kappa shape index (κ3) is 2.50. The van der Waals surface area contributed by atoms with Gasteiger partial charge in [-0.15, -0.1) is 11.8 Å². The average molecular weight is 367 g/mol. The van der Waals surface area contributed by atoms with Crippen LogP contribution in [-0.2, 0) is 7.05 Å². The van der Waals surface area contributed by atoms with Crippen LogP contribution in [0.25, 0.3) is 10.9 Å². The number of aromatic nitrogens is 1. The summed E-state index contributed by atoms with van der Waals surface area (Å²) in [4.78, 5) is 15.0. The van der Waals surface area contributed by atoms with Crippen LogP contribution in [0.2, 0.25) is 0 Å². The molecule has 112 valence electrons. The average Bonchev–Trinajstić information content (AvgIpc) is 3.04. The predicted octanol–water partition coefficient (Wildman–Crippen LogP) is 4.26. The van der Waals surface area contributed by atoms with Gasteiger partial charge in [-0.25, -0.2) is 0 Å². The highest BCUT2D eigenvalue weighted by Gasteiger charge is 2.32. The summed E-state index contributed by atoms with van der Waals surface area (Å²) in [6.07, 6.45) is 2.18. The fourth-order valence-corrected chi connectivity index (χ4v) is 5.09. The Balaban J connectivity index is 2.02. The summed E-state index contributed by atoms with van der Waals surface area (Å²) in [6.45, 7) is 3.02. The monoisotopic (exact) mass is 366 g/mol. The molecule has 1 saturated heterocycles. The number of para-hydroxylation sites is 1. The lowest BCUT2D eigenvalue weighted by Crippen LogP contribution is -2.36. The van der Waals surface area contributed by atoms with Gasteiger partial charge in [-0.3, -0.25) is 4.79 Å². The summed E-state index contributed by atoms with van der Waals surface area (Å²) < 4.78 is 2.92. The molecule has 21 heavy (non-hydrogen) atoms. The molecule has 1 aromatic heterocycles. The second kappa shape index (κ2) is 6.05. The van der Waals surface area contributed by atoms with Crippen molar-refractivity contribution < 1.29 is 4.79 Å². The van der Waals surface area contributed by atoms with Crippen LogP contribution in [0.5, 0.6) is 0 Å². The largest absolute Gasteiger partial charge is 0.339 e. The summed E-state index contributed by atoms with van der Waals surface area (Å²) >= 11 is 5.53. The van der Waals surface area contributed by atoms with Crippen LogP contribution in [0.1, 0.15) is 30.3 Å². The van der Waals surface area contributed by atoms with E-state index in [4.69, 9.17) is 0 Å². The van der Waals surface area contributed by atoms with E-state index in [0.717, 1.165) is 46.2 Å². The van der Waals surface area contributed by atoms with Crippen LogP contribution in [-0.4, -0.2) is 33.0 Å². The molecule has 0 bridgehead atoms. The van der Waals surface area contributed by atoms with Gasteiger partial charge in [-0.1, -0.05) is 31.5 Å². The van der Waals surface area contributed by atoms with Gasteiger partial charge in [0.2, 0.25) is 0 Å². The SMILES string of the molecule is CCC[C@H]1SCCN1C(=O)c1c(Br)c2ccccc2n1C. The Hall–Kier alpha value is -0.940. The van der Waals surface area contributed by atoms with Crippen molar-refractivity contribution in [2.45, 2.75) is 25.1 Å². The van der Waals surface area contributed by atoms with Crippen LogP contribution < -0.4 is 0 Å². The molecule has 1 fully saturated rings. The first-order valence-electron chi connectivity index (χ1n) is 7.30. The fourth-order valence-electron chi connectivity index (χ4n) is 2.96. The molecule has 1 aliphatic rings. The van der Waals surface area contributed by atoms with Gasteiger partial charge in [-0.2, -0.15) is 0 Å². The zero-order chi connectivity index (χ0) is 15.0. The van der Waals surface area contributed by atoms with Crippen LogP contribution in [0.3, 0.4) is 0 Å². The van der Waals surface area contributed by atoms with Crippen LogP contribution >= 0.6 is 27.7 Å². The number of hydrogen-bond acceptors (Lipinski definition) is 2. The number of aryl methyl sites for hydroxylation is 1. The summed E-state index contributed by atoms with van der Waals surface area (Å²) in [5.74, 6) is 1.18. The van der Waals surface area contributed by atoms with E-state index in [0.29, 0.717) is 5.37 Å². The van der Waals surface area contributed by atoms with Crippen molar-refractivity contribution in [3.63, 3.8) is 0 Å². The highest BCUT2D eigenvalue weighted by molar-refractivity contribution is 9.10. The minimum atomic E-state index is 0.143. The molecule has 1 aliphatic heterocycles. The van der Waals surface area contributed by atoms with Gasteiger partial charge < -0.3 is 9.47 Å². The van der Waals surface area contributed by atoms with Crippen LogP contribution in [0.15, 0.2) is 28.7 Å². The molecule has 1 atom stereocenters. The molecule has 0 unspecified atom stereocenters. The Labute approximate surface area is 137 Å². The predicted molar refractivity (Wildman–Crippen MR) is 92.8 cm³/mol. The number of nitrogens with zero attached hydrogens (tertiary/aromatic N) is 2. The van der Waals surface area contributed by atoms with Crippen molar-refractivity contribution in [2.75, 3.05) is 12.3 Å². The molecule has 3 nitrogen and oxygen atoms in total. The van der Waals surface area contributed by atoms with E-state index in [1.807, 2.05) is 40.4 Å². The number of amides is 1. The van der Waals surface area contributed by atoms with Gasteiger partial charge in [0, 0.05) is 30.2 Å². The molecule has 5 heteroatoms. The lowest BCUT2D eigenvalue weighted by molar-refractivity contribution is 0.0746. The Bertz CT molecular complexity index is 643. The van der Waals surface area contributed by atoms with Crippen LogP contribution in [0, 0.1) is 0 Å². The standard InChI is InChI=1S/C16H19BrN2OS/c1-3-6-13-19(9-10-21-13)16(20)15-14(17)11-7-4-5-8-12(11)18(15)2/h4-5,7-8,13H,3,6,9-10H2,1-2H3/t13-/m1/s1. The normalized spacial score (nSPS) is 18.6. The molecule has 2 aromatic rings. The van der Waals surface area contributed by atoms with Crippen molar-refractivity contribution in [2.24, 2.45) is 7.05 Å². The summed E-state index contributed by atoms with van der Waals surface area (Å²) in [5.41, 5.74) is 1.85. The molecule has 1 amide bonds. The number of rotatable bonds is 3. The van der Waals surface area contributed by atoms with E-state index in [1.54, 1.807) is 0 Å². The van der Waals surface area contributed by atoms with Gasteiger partial charge in [0.25, 0.3) is 5.91 Å². The Morgan fingerprint density at radius 3 is 2.90 bits per heavy atom. The first kappa shape index (κ1) is 15.0. The van der Waals surface area contributed by atoms with E-state index >= 15 is 0 Å². The number of carbonyl (C=O) groups excluding carboxylic acids is 1. The maximum atomic E-state index is 13.0. The van der Waals surface area contributed by atoms with E-state index in [-0.39, 0.29) is 5.91 Å². The number of hydrogen-bond donors (Lipinski definition) is 0. The zero-order valence-corrected chi connectivity index (χ0v) is 14.7. The van der Waals surface area contributed by atoms with E-state index in [9.17, 15) is 4.79 Å². The molecule has 3 rings (SSSR count). The topological polar surface area (TPSA) is 25.2 Å². The molecular weight excluding hydrogens is 348 g/mol. The van der Waals surface area contributed by atoms with Crippen molar-refractivity contribution in [3.05, 3.63) is 34.4 Å².